The van der Waals surface area contributed by atoms with Crippen LogP contribution in [0.15, 0.2) is 95.9 Å². The van der Waals surface area contributed by atoms with E-state index in [1.807, 2.05) is 30.3 Å². The summed E-state index contributed by atoms with van der Waals surface area (Å²) >= 11 is 5.61. The summed E-state index contributed by atoms with van der Waals surface area (Å²) in [6, 6.07) is 23.3. The Balaban J connectivity index is 1.14. The summed E-state index contributed by atoms with van der Waals surface area (Å²) in [5.74, 6) is 0.486. The van der Waals surface area contributed by atoms with E-state index in [0.717, 1.165) is 61.9 Å². The van der Waals surface area contributed by atoms with Crippen molar-refractivity contribution in [2.75, 3.05) is 48.2 Å². The van der Waals surface area contributed by atoms with Gasteiger partial charge in [0.15, 0.2) is 0 Å². The molecule has 0 spiro atoms. The molecule has 1 aliphatic rings. The third kappa shape index (κ3) is 7.88. The first-order valence-corrected chi connectivity index (χ1v) is 15.8. The van der Waals surface area contributed by atoms with E-state index in [1.54, 1.807) is 19.2 Å². The van der Waals surface area contributed by atoms with Gasteiger partial charge in [0.1, 0.15) is 5.75 Å². The van der Waals surface area contributed by atoms with Crippen LogP contribution in [0, 0.1) is 0 Å². The molecule has 1 heterocycles. The third-order valence-corrected chi connectivity index (χ3v) is 9.09. The Labute approximate surface area is 264 Å². The monoisotopic (exact) mass is 658 g/mol. The van der Waals surface area contributed by atoms with Crippen LogP contribution in [-0.2, 0) is 22.7 Å². The molecule has 0 atom stereocenters. The van der Waals surface area contributed by atoms with Crippen LogP contribution in [0.4, 0.5) is 30.2 Å². The summed E-state index contributed by atoms with van der Waals surface area (Å²) in [6.45, 7) is 4.26. The summed E-state index contributed by atoms with van der Waals surface area (Å²) < 4.78 is 72.6. The molecule has 0 aromatic heterocycles. The molecule has 1 amide bonds. The van der Waals surface area contributed by atoms with E-state index in [2.05, 4.69) is 25.9 Å². The summed E-state index contributed by atoms with van der Waals surface area (Å²) in [5, 5.41) is 2.19. The van der Waals surface area contributed by atoms with Crippen LogP contribution in [0.25, 0.3) is 0 Å². The third-order valence-electron chi connectivity index (χ3n) is 7.37. The lowest BCUT2D eigenvalue weighted by Crippen LogP contribution is -2.46. The lowest BCUT2D eigenvalue weighted by molar-refractivity contribution is -0.137. The molecule has 0 radical (unpaired) electrons. The highest BCUT2D eigenvalue weighted by Crippen LogP contribution is 2.36. The number of halogens is 4. The highest BCUT2D eigenvalue weighted by Gasteiger charge is 2.33. The lowest BCUT2D eigenvalue weighted by Gasteiger charge is -2.36. The molecule has 0 unspecified atom stereocenters. The zero-order chi connectivity index (χ0) is 32.2. The van der Waals surface area contributed by atoms with Gasteiger partial charge in [-0.05, 0) is 72.3 Å². The van der Waals surface area contributed by atoms with Gasteiger partial charge >= 0.3 is 6.18 Å². The number of piperazine rings is 1. The van der Waals surface area contributed by atoms with Gasteiger partial charge in [-0.1, -0.05) is 35.9 Å². The first-order valence-electron chi connectivity index (χ1n) is 13.9. The van der Waals surface area contributed by atoms with Crippen molar-refractivity contribution in [3.63, 3.8) is 0 Å². The number of alkyl halides is 3. The van der Waals surface area contributed by atoms with Crippen molar-refractivity contribution < 1.29 is 31.1 Å². The fourth-order valence-corrected chi connectivity index (χ4v) is 6.27. The number of nitrogens with one attached hydrogen (secondary N) is 2. The minimum absolute atomic E-state index is 0.197. The Hall–Kier alpha value is -4.26. The van der Waals surface area contributed by atoms with Gasteiger partial charge in [0.05, 0.1) is 28.3 Å². The van der Waals surface area contributed by atoms with E-state index in [4.69, 9.17) is 16.3 Å². The van der Waals surface area contributed by atoms with Crippen molar-refractivity contribution in [3.8, 4) is 5.75 Å². The number of nitrogens with zero attached hydrogens (tertiary/aromatic N) is 2. The number of methoxy groups -OCH3 is 1. The first kappa shape index (κ1) is 32.1. The number of carbonyl (C=O) groups excluding carboxylic acids is 1. The van der Waals surface area contributed by atoms with Gasteiger partial charge in [-0.2, -0.15) is 13.2 Å². The lowest BCUT2D eigenvalue weighted by atomic mass is 10.1. The predicted octanol–water partition coefficient (Wildman–Crippen LogP) is 6.74. The molecule has 236 valence electrons. The van der Waals surface area contributed by atoms with Crippen molar-refractivity contribution in [1.29, 1.82) is 0 Å². The smallest absolute Gasteiger partial charge is 0.417 e. The maximum Gasteiger partial charge on any atom is 0.417 e. The minimum atomic E-state index is -4.74. The van der Waals surface area contributed by atoms with E-state index in [-0.39, 0.29) is 16.5 Å². The average Bonchev–Trinajstić information content (AvgIpc) is 3.02. The van der Waals surface area contributed by atoms with Gasteiger partial charge in [0, 0.05) is 49.7 Å². The molecule has 1 fully saturated rings. The molecule has 4 aromatic rings. The van der Waals surface area contributed by atoms with Crippen LogP contribution in [-0.4, -0.2) is 52.5 Å². The predicted molar refractivity (Wildman–Crippen MR) is 169 cm³/mol. The second-order valence-corrected chi connectivity index (χ2v) is 12.5. The van der Waals surface area contributed by atoms with E-state index in [0.29, 0.717) is 17.3 Å². The average molecular weight is 659 g/mol. The zero-order valence-electron chi connectivity index (χ0n) is 24.1. The number of ether oxygens (including phenoxy) is 1. The van der Waals surface area contributed by atoms with Gasteiger partial charge in [0.2, 0.25) is 0 Å². The number of sulfonamides is 1. The van der Waals surface area contributed by atoms with Crippen LogP contribution in [0.3, 0.4) is 0 Å². The SMILES string of the molecule is COc1ccccc1N1CCN(Cc2ccc(C(=O)Nc3ccc(S(=O)(=O)Nc4ccc(Cl)c(C(F)(F)F)c4)cc3)cc2)CC1. The number of para-hydroxylation sites is 2. The van der Waals surface area contributed by atoms with Gasteiger partial charge in [-0.25, -0.2) is 8.42 Å². The molecule has 0 bridgehead atoms. The molecule has 0 aliphatic carbocycles. The molecule has 5 rings (SSSR count). The number of anilines is 3. The van der Waals surface area contributed by atoms with Crippen molar-refractivity contribution in [2.24, 2.45) is 0 Å². The number of rotatable bonds is 9. The van der Waals surface area contributed by atoms with Crippen molar-refractivity contribution in [3.05, 3.63) is 113 Å². The number of carbonyl (C=O) groups is 1. The van der Waals surface area contributed by atoms with Gasteiger partial charge in [-0.3, -0.25) is 14.4 Å². The normalized spacial score (nSPS) is 14.2. The Bertz CT molecular complexity index is 1760. The van der Waals surface area contributed by atoms with Gasteiger partial charge in [-0.15, -0.1) is 0 Å². The van der Waals surface area contributed by atoms with Crippen molar-refractivity contribution >= 4 is 44.6 Å². The molecule has 45 heavy (non-hydrogen) atoms. The van der Waals surface area contributed by atoms with E-state index < -0.39 is 26.8 Å². The Morgan fingerprint density at radius 2 is 1.53 bits per heavy atom. The highest BCUT2D eigenvalue weighted by molar-refractivity contribution is 7.92. The zero-order valence-corrected chi connectivity index (χ0v) is 25.7. The molecule has 4 aromatic carbocycles. The Kier molecular flexibility index (Phi) is 9.56. The fourth-order valence-electron chi connectivity index (χ4n) is 5.00. The van der Waals surface area contributed by atoms with E-state index >= 15 is 0 Å². The summed E-state index contributed by atoms with van der Waals surface area (Å²) in [7, 11) is -2.53. The Morgan fingerprint density at radius 3 is 2.18 bits per heavy atom. The van der Waals surface area contributed by atoms with Gasteiger partial charge < -0.3 is 15.0 Å². The Morgan fingerprint density at radius 1 is 0.889 bits per heavy atom. The van der Waals surface area contributed by atoms with Crippen molar-refractivity contribution in [1.82, 2.24) is 4.90 Å². The number of benzene rings is 4. The molecule has 2 N–H and O–H groups in total. The van der Waals surface area contributed by atoms with Gasteiger partial charge in [0.25, 0.3) is 15.9 Å². The number of amides is 1. The van der Waals surface area contributed by atoms with Crippen LogP contribution in [0.1, 0.15) is 21.5 Å². The molecule has 0 saturated carbocycles. The van der Waals surface area contributed by atoms with E-state index in [9.17, 15) is 26.4 Å². The molecule has 1 saturated heterocycles. The van der Waals surface area contributed by atoms with Crippen LogP contribution < -0.4 is 19.7 Å². The quantitative estimate of drug-likeness (QED) is 0.207. The highest BCUT2D eigenvalue weighted by atomic mass is 35.5. The standard InChI is InChI=1S/C32H30ClF3N4O4S/c1-44-30-5-3-2-4-29(30)40-18-16-39(17-19-40)21-22-6-8-23(9-7-22)31(41)37-24-10-13-26(14-11-24)45(42,43)38-25-12-15-28(33)27(20-25)32(34,35)36/h2-15,20,38H,16-19,21H2,1H3,(H,37,41). The molecule has 13 heteroatoms. The van der Waals surface area contributed by atoms with Crippen LogP contribution in [0.2, 0.25) is 5.02 Å². The fraction of sp³-hybridized carbons (Fsp3) is 0.219. The first-order chi connectivity index (χ1) is 21.4. The summed E-state index contributed by atoms with van der Waals surface area (Å²) in [5.41, 5.74) is 1.50. The molecular formula is C32H30ClF3N4O4S. The summed E-state index contributed by atoms with van der Waals surface area (Å²) in [4.78, 5) is 17.3. The minimum Gasteiger partial charge on any atom is -0.495 e. The van der Waals surface area contributed by atoms with Crippen LogP contribution >= 0.6 is 11.6 Å². The van der Waals surface area contributed by atoms with E-state index in [1.165, 1.54) is 24.3 Å². The molecule has 8 nitrogen and oxygen atoms in total. The maximum atomic E-state index is 13.1. The number of hydrogen-bond acceptors (Lipinski definition) is 6. The maximum absolute atomic E-state index is 13.1. The van der Waals surface area contributed by atoms with Crippen LogP contribution in [0.5, 0.6) is 5.75 Å². The second kappa shape index (κ2) is 13.4. The largest absolute Gasteiger partial charge is 0.495 e. The van der Waals surface area contributed by atoms with Crippen molar-refractivity contribution in [2.45, 2.75) is 17.6 Å². The second-order valence-electron chi connectivity index (χ2n) is 10.4. The topological polar surface area (TPSA) is 91.0 Å². The molecular weight excluding hydrogens is 629 g/mol. The number of hydrogen-bond donors (Lipinski definition) is 2. The summed E-state index contributed by atoms with van der Waals surface area (Å²) in [6.07, 6.45) is -4.74. The molecule has 1 aliphatic heterocycles.